The zero-order valence-corrected chi connectivity index (χ0v) is 25.3. The Hall–Kier alpha value is -5.64. The van der Waals surface area contributed by atoms with Gasteiger partial charge >= 0.3 is 0 Å². The van der Waals surface area contributed by atoms with E-state index in [4.69, 9.17) is 11.5 Å². The molecule has 8 N–H and O–H groups in total. The Kier molecular flexibility index (Phi) is 10.9. The zero-order chi connectivity index (χ0) is 32.3. The third-order valence-electron chi connectivity index (χ3n) is 7.23. The van der Waals surface area contributed by atoms with E-state index in [-0.39, 0.29) is 25.3 Å². The Balaban J connectivity index is 0.000000501. The van der Waals surface area contributed by atoms with E-state index in [9.17, 15) is 19.2 Å². The molecule has 1 heterocycles. The van der Waals surface area contributed by atoms with Gasteiger partial charge in [-0.3, -0.25) is 19.2 Å². The number of rotatable bonds is 10. The molecule has 0 fully saturated rings. The van der Waals surface area contributed by atoms with Crippen LogP contribution in [-0.4, -0.2) is 47.2 Å². The summed E-state index contributed by atoms with van der Waals surface area (Å²) in [5.41, 5.74) is 15.7. The van der Waals surface area contributed by atoms with Gasteiger partial charge in [-0.1, -0.05) is 78.4 Å². The molecule has 10 nitrogen and oxygen atoms in total. The molecule has 0 unspecified atom stereocenters. The first kappa shape index (κ1) is 32.3. The number of primary amides is 1. The molecule has 0 spiro atoms. The van der Waals surface area contributed by atoms with Gasteiger partial charge in [-0.25, -0.2) is 0 Å². The summed E-state index contributed by atoms with van der Waals surface area (Å²) in [5.74, 6) is -2.12. The number of benzene rings is 4. The average molecular weight is 607 g/mol. The molecule has 0 aliphatic heterocycles. The van der Waals surface area contributed by atoms with Gasteiger partial charge in [0.1, 0.15) is 12.1 Å². The molecule has 0 saturated carbocycles. The van der Waals surface area contributed by atoms with Crippen LogP contribution in [0.25, 0.3) is 21.7 Å². The molecule has 4 aromatic carbocycles. The second-order valence-electron chi connectivity index (χ2n) is 10.9. The van der Waals surface area contributed by atoms with Crippen LogP contribution in [0.1, 0.15) is 23.6 Å². The van der Waals surface area contributed by atoms with Crippen molar-refractivity contribution in [2.24, 2.45) is 5.73 Å². The van der Waals surface area contributed by atoms with E-state index in [1.807, 2.05) is 97.9 Å². The van der Waals surface area contributed by atoms with E-state index in [2.05, 4.69) is 20.9 Å². The highest BCUT2D eigenvalue weighted by atomic mass is 16.2. The van der Waals surface area contributed by atoms with Crippen LogP contribution in [-0.2, 0) is 32.0 Å². The molecule has 1 aromatic heterocycles. The molecular formula is C35H38N6O4. The maximum atomic E-state index is 12.9. The number of anilines is 1. The number of aryl methyl sites for hydroxylation is 1. The van der Waals surface area contributed by atoms with Crippen LogP contribution in [0, 0.1) is 6.92 Å². The summed E-state index contributed by atoms with van der Waals surface area (Å²) >= 11 is 0. The Morgan fingerprint density at radius 3 is 2.18 bits per heavy atom. The molecule has 0 aliphatic rings. The van der Waals surface area contributed by atoms with Crippen LogP contribution < -0.4 is 27.4 Å². The molecule has 5 rings (SSSR count). The number of aromatic nitrogens is 1. The van der Waals surface area contributed by atoms with E-state index in [1.165, 1.54) is 12.5 Å². The number of aromatic amines is 1. The molecule has 10 heteroatoms. The number of hydrogen-bond donors (Lipinski definition) is 6. The highest BCUT2D eigenvalue weighted by Gasteiger charge is 2.23. The van der Waals surface area contributed by atoms with Crippen molar-refractivity contribution < 1.29 is 19.2 Å². The number of carbonyl (C=O) groups excluding carboxylic acids is 4. The van der Waals surface area contributed by atoms with Crippen molar-refractivity contribution in [2.45, 2.75) is 38.8 Å². The maximum absolute atomic E-state index is 12.9. The Labute approximate surface area is 261 Å². The van der Waals surface area contributed by atoms with Gasteiger partial charge in [0.25, 0.3) is 0 Å². The van der Waals surface area contributed by atoms with E-state index >= 15 is 0 Å². The number of amides is 4. The smallest absolute Gasteiger partial charge is 0.243 e. The topological polar surface area (TPSA) is 172 Å². The van der Waals surface area contributed by atoms with E-state index in [0.717, 1.165) is 38.5 Å². The summed E-state index contributed by atoms with van der Waals surface area (Å²) in [4.78, 5) is 52.3. The van der Waals surface area contributed by atoms with Crippen molar-refractivity contribution in [3.63, 3.8) is 0 Å². The van der Waals surface area contributed by atoms with Crippen LogP contribution in [0.4, 0.5) is 5.69 Å². The fourth-order valence-electron chi connectivity index (χ4n) is 4.90. The lowest BCUT2D eigenvalue weighted by Gasteiger charge is -2.19. The second-order valence-corrected chi connectivity index (χ2v) is 10.9. The monoisotopic (exact) mass is 606 g/mol. The minimum atomic E-state index is -0.952. The number of nitrogens with two attached hydrogens (primary N) is 2. The SMILES string of the molecule is CC(=O)N[C@@H](Cc1ccc2ccccc2c1)C(=O)NCC(=O)N[C@@H](Cc1c[nH]c2ccccc12)C(N)=O.Cc1ccc(N)cc1. The minimum absolute atomic E-state index is 0.204. The predicted octanol–water partition coefficient (Wildman–Crippen LogP) is 3.27. The minimum Gasteiger partial charge on any atom is -0.399 e. The molecule has 0 radical (unpaired) electrons. The second kappa shape index (κ2) is 15.2. The lowest BCUT2D eigenvalue weighted by Crippen LogP contribution is -2.52. The van der Waals surface area contributed by atoms with Gasteiger partial charge in [0.05, 0.1) is 6.54 Å². The van der Waals surface area contributed by atoms with Crippen LogP contribution in [0.5, 0.6) is 0 Å². The van der Waals surface area contributed by atoms with Gasteiger partial charge in [0, 0.05) is 42.6 Å². The number of carbonyl (C=O) groups is 4. The summed E-state index contributed by atoms with van der Waals surface area (Å²) in [6.07, 6.45) is 2.23. The van der Waals surface area contributed by atoms with Crippen LogP contribution in [0.15, 0.2) is 97.2 Å². The summed E-state index contributed by atoms with van der Waals surface area (Å²) < 4.78 is 0. The number of para-hydroxylation sites is 1. The van der Waals surface area contributed by atoms with Crippen LogP contribution in [0.2, 0.25) is 0 Å². The van der Waals surface area contributed by atoms with Crippen LogP contribution >= 0.6 is 0 Å². The molecular weight excluding hydrogens is 568 g/mol. The molecule has 4 amide bonds. The van der Waals surface area contributed by atoms with Crippen molar-refractivity contribution in [1.82, 2.24) is 20.9 Å². The number of H-pyrrole nitrogens is 1. The normalized spacial score (nSPS) is 12.0. The molecule has 5 aromatic rings. The highest BCUT2D eigenvalue weighted by molar-refractivity contribution is 5.93. The van der Waals surface area contributed by atoms with E-state index < -0.39 is 29.8 Å². The summed E-state index contributed by atoms with van der Waals surface area (Å²) in [6, 6.07) is 27.2. The van der Waals surface area contributed by atoms with E-state index in [0.29, 0.717) is 0 Å². The zero-order valence-electron chi connectivity index (χ0n) is 25.3. The quantitative estimate of drug-likeness (QED) is 0.134. The fraction of sp³-hybridized carbons (Fsp3) is 0.200. The first-order valence-electron chi connectivity index (χ1n) is 14.6. The van der Waals surface area contributed by atoms with Crippen molar-refractivity contribution in [3.05, 3.63) is 114 Å². The highest BCUT2D eigenvalue weighted by Crippen LogP contribution is 2.19. The predicted molar refractivity (Wildman–Crippen MR) is 177 cm³/mol. The van der Waals surface area contributed by atoms with Gasteiger partial charge in [0.15, 0.2) is 0 Å². The number of hydrogen-bond acceptors (Lipinski definition) is 5. The molecule has 0 bridgehead atoms. The largest absolute Gasteiger partial charge is 0.399 e. The number of fused-ring (bicyclic) bond motifs is 2. The number of nitrogens with one attached hydrogen (secondary N) is 4. The van der Waals surface area contributed by atoms with Crippen molar-refractivity contribution >= 4 is 51.0 Å². The van der Waals surface area contributed by atoms with E-state index in [1.54, 1.807) is 6.20 Å². The standard InChI is InChI=1S/C28H29N5O4.C7H9N/c1-17(34)32-25(13-18-10-11-19-6-2-3-7-20(19)12-18)28(37)31-16-26(35)33-24(27(29)36)14-21-15-30-23-9-5-4-8-22(21)23;1-6-2-4-7(8)5-3-6/h2-12,15,24-25,30H,13-14,16H2,1H3,(H2,29,36)(H,31,37)(H,32,34)(H,33,35);2-5H,8H2,1H3/t24-,25-;/m0./s1. The number of nitrogen functional groups attached to an aromatic ring is 1. The Bertz CT molecular complexity index is 1780. The molecule has 0 saturated heterocycles. The lowest BCUT2D eigenvalue weighted by atomic mass is 10.0. The third kappa shape index (κ3) is 9.42. The lowest BCUT2D eigenvalue weighted by molar-refractivity contribution is -0.130. The van der Waals surface area contributed by atoms with Crippen LogP contribution in [0.3, 0.4) is 0 Å². The Morgan fingerprint density at radius 1 is 0.800 bits per heavy atom. The van der Waals surface area contributed by atoms with Gasteiger partial charge in [-0.2, -0.15) is 0 Å². The Morgan fingerprint density at radius 2 is 1.49 bits per heavy atom. The third-order valence-corrected chi connectivity index (χ3v) is 7.23. The van der Waals surface area contributed by atoms with Crippen molar-refractivity contribution in [2.75, 3.05) is 12.3 Å². The first-order chi connectivity index (χ1) is 21.6. The van der Waals surface area contributed by atoms with Crippen molar-refractivity contribution in [1.29, 1.82) is 0 Å². The fourth-order valence-corrected chi connectivity index (χ4v) is 4.90. The first-order valence-corrected chi connectivity index (χ1v) is 14.6. The van der Waals surface area contributed by atoms with Gasteiger partial charge < -0.3 is 32.4 Å². The summed E-state index contributed by atoms with van der Waals surface area (Å²) in [6.45, 7) is 3.00. The molecule has 45 heavy (non-hydrogen) atoms. The molecule has 232 valence electrons. The summed E-state index contributed by atoms with van der Waals surface area (Å²) in [5, 5.41) is 10.8. The van der Waals surface area contributed by atoms with Crippen molar-refractivity contribution in [3.8, 4) is 0 Å². The molecule has 2 atom stereocenters. The maximum Gasteiger partial charge on any atom is 0.243 e. The van der Waals surface area contributed by atoms with Gasteiger partial charge in [-0.15, -0.1) is 0 Å². The van der Waals surface area contributed by atoms with Gasteiger partial charge in [0.2, 0.25) is 23.6 Å². The molecule has 0 aliphatic carbocycles. The van der Waals surface area contributed by atoms with Gasteiger partial charge in [-0.05, 0) is 47.0 Å². The summed E-state index contributed by atoms with van der Waals surface area (Å²) in [7, 11) is 0. The average Bonchev–Trinajstić information content (AvgIpc) is 3.43.